The summed E-state index contributed by atoms with van der Waals surface area (Å²) < 4.78 is 10.0. The van der Waals surface area contributed by atoms with Gasteiger partial charge in [0.15, 0.2) is 6.04 Å². The summed E-state index contributed by atoms with van der Waals surface area (Å²) in [6.07, 6.45) is -0.782. The number of aliphatic hydroxyl groups excluding tert-OH is 1. The number of amides is 1. The van der Waals surface area contributed by atoms with E-state index in [0.717, 1.165) is 5.56 Å². The molecule has 0 spiro atoms. The molecule has 1 rings (SSSR count). The van der Waals surface area contributed by atoms with Gasteiger partial charge in [-0.15, -0.1) is 0 Å². The van der Waals surface area contributed by atoms with E-state index in [9.17, 15) is 14.7 Å². The van der Waals surface area contributed by atoms with Gasteiger partial charge in [-0.25, -0.2) is 9.59 Å². The summed E-state index contributed by atoms with van der Waals surface area (Å²) in [5, 5.41) is 11.5. The largest absolute Gasteiger partial charge is 0.464 e. The lowest BCUT2D eigenvalue weighted by Gasteiger charge is -2.21. The first-order valence-corrected chi connectivity index (χ1v) is 7.06. The SMILES string of the molecule is CC(C)(C)COC(=O)C(CO)NC(=O)OCc1ccccc1. The third-order valence-electron chi connectivity index (χ3n) is 2.62. The van der Waals surface area contributed by atoms with Crippen LogP contribution >= 0.6 is 0 Å². The fourth-order valence-corrected chi connectivity index (χ4v) is 1.47. The zero-order valence-electron chi connectivity index (χ0n) is 13.2. The van der Waals surface area contributed by atoms with E-state index >= 15 is 0 Å². The highest BCUT2D eigenvalue weighted by atomic mass is 16.6. The molecule has 0 saturated heterocycles. The van der Waals surface area contributed by atoms with E-state index < -0.39 is 24.7 Å². The smallest absolute Gasteiger partial charge is 0.408 e. The molecule has 1 unspecified atom stereocenters. The van der Waals surface area contributed by atoms with E-state index in [4.69, 9.17) is 9.47 Å². The molecule has 122 valence electrons. The zero-order chi connectivity index (χ0) is 16.6. The van der Waals surface area contributed by atoms with Crippen molar-refractivity contribution in [3.8, 4) is 0 Å². The highest BCUT2D eigenvalue weighted by Gasteiger charge is 2.24. The topological polar surface area (TPSA) is 84.9 Å². The molecule has 0 radical (unpaired) electrons. The van der Waals surface area contributed by atoms with Crippen molar-refractivity contribution in [2.45, 2.75) is 33.4 Å². The van der Waals surface area contributed by atoms with Gasteiger partial charge in [-0.3, -0.25) is 0 Å². The van der Waals surface area contributed by atoms with Crippen molar-refractivity contribution in [1.82, 2.24) is 5.32 Å². The normalized spacial score (nSPS) is 12.4. The maximum atomic E-state index is 11.8. The minimum absolute atomic E-state index is 0.0852. The van der Waals surface area contributed by atoms with Gasteiger partial charge in [-0.1, -0.05) is 51.1 Å². The second kappa shape index (κ2) is 8.38. The second-order valence-corrected chi connectivity index (χ2v) is 6.11. The minimum Gasteiger partial charge on any atom is -0.464 e. The molecule has 6 heteroatoms. The summed E-state index contributed by atoms with van der Waals surface area (Å²) in [7, 11) is 0. The van der Waals surface area contributed by atoms with Gasteiger partial charge in [0.1, 0.15) is 6.61 Å². The predicted molar refractivity (Wildman–Crippen MR) is 81.1 cm³/mol. The van der Waals surface area contributed by atoms with Crippen LogP contribution in [0.3, 0.4) is 0 Å². The van der Waals surface area contributed by atoms with Crippen molar-refractivity contribution < 1.29 is 24.2 Å². The molecule has 0 fully saturated rings. The molecule has 0 saturated carbocycles. The number of rotatable bonds is 6. The maximum absolute atomic E-state index is 11.8. The van der Waals surface area contributed by atoms with Crippen molar-refractivity contribution in [3.63, 3.8) is 0 Å². The van der Waals surface area contributed by atoms with Gasteiger partial charge in [-0.2, -0.15) is 0 Å². The van der Waals surface area contributed by atoms with E-state index in [2.05, 4.69) is 5.32 Å². The molecule has 0 aliphatic rings. The molecule has 0 bridgehead atoms. The van der Waals surface area contributed by atoms with Crippen molar-refractivity contribution in [3.05, 3.63) is 35.9 Å². The van der Waals surface area contributed by atoms with Crippen LogP contribution in [0.5, 0.6) is 0 Å². The fraction of sp³-hybridized carbons (Fsp3) is 0.500. The molecule has 1 amide bonds. The Hall–Kier alpha value is -2.08. The summed E-state index contributed by atoms with van der Waals surface area (Å²) in [6.45, 7) is 5.47. The van der Waals surface area contributed by atoms with Gasteiger partial charge in [0.05, 0.1) is 13.2 Å². The number of alkyl carbamates (subject to hydrolysis) is 1. The van der Waals surface area contributed by atoms with Crippen LogP contribution < -0.4 is 5.32 Å². The van der Waals surface area contributed by atoms with Crippen LogP contribution in [0.1, 0.15) is 26.3 Å². The Morgan fingerprint density at radius 1 is 1.18 bits per heavy atom. The van der Waals surface area contributed by atoms with Crippen molar-refractivity contribution in [2.24, 2.45) is 5.41 Å². The maximum Gasteiger partial charge on any atom is 0.408 e. The number of esters is 1. The Labute approximate surface area is 130 Å². The first kappa shape index (κ1) is 18.0. The molecule has 2 N–H and O–H groups in total. The van der Waals surface area contributed by atoms with Gasteiger partial charge in [0.25, 0.3) is 0 Å². The van der Waals surface area contributed by atoms with Gasteiger partial charge >= 0.3 is 12.1 Å². The third-order valence-corrected chi connectivity index (χ3v) is 2.62. The van der Waals surface area contributed by atoms with E-state index in [1.165, 1.54) is 0 Å². The lowest BCUT2D eigenvalue weighted by Crippen LogP contribution is -2.45. The minimum atomic E-state index is -1.13. The molecule has 1 aromatic rings. The van der Waals surface area contributed by atoms with Crippen LogP contribution in [0.4, 0.5) is 4.79 Å². The Morgan fingerprint density at radius 2 is 1.82 bits per heavy atom. The van der Waals surface area contributed by atoms with Gasteiger partial charge in [0, 0.05) is 0 Å². The summed E-state index contributed by atoms with van der Waals surface area (Å²) >= 11 is 0. The summed E-state index contributed by atoms with van der Waals surface area (Å²) in [4.78, 5) is 23.4. The molecule has 22 heavy (non-hydrogen) atoms. The third kappa shape index (κ3) is 7.08. The van der Waals surface area contributed by atoms with Crippen molar-refractivity contribution in [2.75, 3.05) is 13.2 Å². The number of carbonyl (C=O) groups excluding carboxylic acids is 2. The number of benzene rings is 1. The van der Waals surface area contributed by atoms with Crippen LogP contribution in [-0.4, -0.2) is 36.4 Å². The highest BCUT2D eigenvalue weighted by Crippen LogP contribution is 2.13. The summed E-state index contributed by atoms with van der Waals surface area (Å²) in [5.74, 6) is -0.686. The number of hydrogen-bond donors (Lipinski definition) is 2. The van der Waals surface area contributed by atoms with Gasteiger partial charge in [0.2, 0.25) is 0 Å². The Balaban J connectivity index is 2.41. The molecule has 6 nitrogen and oxygen atoms in total. The first-order valence-electron chi connectivity index (χ1n) is 7.06. The molecular weight excluding hydrogens is 286 g/mol. The number of aliphatic hydroxyl groups is 1. The molecule has 0 heterocycles. The van der Waals surface area contributed by atoms with Crippen LogP contribution in [-0.2, 0) is 20.9 Å². The number of carbonyl (C=O) groups is 2. The van der Waals surface area contributed by atoms with Crippen molar-refractivity contribution in [1.29, 1.82) is 0 Å². The van der Waals surface area contributed by atoms with Crippen molar-refractivity contribution >= 4 is 12.1 Å². The summed E-state index contributed by atoms with van der Waals surface area (Å²) in [6, 6.07) is 8.01. The van der Waals surface area contributed by atoms with Gasteiger partial charge < -0.3 is 19.9 Å². The van der Waals surface area contributed by atoms with E-state index in [1.807, 2.05) is 51.1 Å². The van der Waals surface area contributed by atoms with Crippen LogP contribution in [0, 0.1) is 5.41 Å². The van der Waals surface area contributed by atoms with Crippen LogP contribution in [0.25, 0.3) is 0 Å². The second-order valence-electron chi connectivity index (χ2n) is 6.11. The molecule has 0 aromatic heterocycles. The average Bonchev–Trinajstić information content (AvgIpc) is 2.48. The zero-order valence-corrected chi connectivity index (χ0v) is 13.2. The number of hydrogen-bond acceptors (Lipinski definition) is 5. The molecule has 1 atom stereocenters. The van der Waals surface area contributed by atoms with Crippen LogP contribution in [0.15, 0.2) is 30.3 Å². The van der Waals surface area contributed by atoms with E-state index in [-0.39, 0.29) is 18.6 Å². The number of ether oxygens (including phenoxy) is 2. The molecule has 1 aromatic carbocycles. The monoisotopic (exact) mass is 309 g/mol. The van der Waals surface area contributed by atoms with E-state index in [0.29, 0.717) is 0 Å². The Bertz CT molecular complexity index is 481. The quantitative estimate of drug-likeness (QED) is 0.784. The Kier molecular flexibility index (Phi) is 6.85. The lowest BCUT2D eigenvalue weighted by atomic mass is 9.99. The van der Waals surface area contributed by atoms with E-state index in [1.54, 1.807) is 0 Å². The molecular formula is C16H23NO5. The highest BCUT2D eigenvalue weighted by molar-refractivity contribution is 5.81. The lowest BCUT2D eigenvalue weighted by molar-refractivity contribution is -0.149. The molecule has 0 aliphatic heterocycles. The first-order chi connectivity index (χ1) is 10.3. The Morgan fingerprint density at radius 3 is 2.36 bits per heavy atom. The summed E-state index contributed by atoms with van der Waals surface area (Å²) in [5.41, 5.74) is 0.636. The fourth-order valence-electron chi connectivity index (χ4n) is 1.47. The predicted octanol–water partition coefficient (Wildman–Crippen LogP) is 1.86. The van der Waals surface area contributed by atoms with Gasteiger partial charge in [-0.05, 0) is 11.0 Å². The average molecular weight is 309 g/mol. The molecule has 0 aliphatic carbocycles. The van der Waals surface area contributed by atoms with Crippen LogP contribution in [0.2, 0.25) is 0 Å². The number of nitrogens with one attached hydrogen (secondary N) is 1. The standard InChI is InChI=1S/C16H23NO5/c1-16(2,3)11-22-14(19)13(9-18)17-15(20)21-10-12-7-5-4-6-8-12/h4-8,13,18H,9-11H2,1-3H3,(H,17,20).